The van der Waals surface area contributed by atoms with E-state index >= 15 is 0 Å². The molecule has 0 aliphatic carbocycles. The number of allylic oxidation sites excluding steroid dienone is 1. The number of hydrogen-bond acceptors (Lipinski definition) is 4. The highest BCUT2D eigenvalue weighted by Crippen LogP contribution is 2.35. The fourth-order valence-corrected chi connectivity index (χ4v) is 5.45. The minimum Gasteiger partial charge on any atom is -0.341 e. The summed E-state index contributed by atoms with van der Waals surface area (Å²) in [4.78, 5) is 18.5. The van der Waals surface area contributed by atoms with Gasteiger partial charge in [-0.25, -0.2) is 4.98 Å². The first kappa shape index (κ1) is 27.8. The summed E-state index contributed by atoms with van der Waals surface area (Å²) in [6.45, 7) is 15.5. The molecule has 41 heavy (non-hydrogen) atoms. The second kappa shape index (κ2) is 11.8. The van der Waals surface area contributed by atoms with E-state index in [1.807, 2.05) is 30.3 Å². The van der Waals surface area contributed by atoms with Gasteiger partial charge in [0.1, 0.15) is 11.5 Å². The van der Waals surface area contributed by atoms with Gasteiger partial charge in [0.05, 0.1) is 11.0 Å². The molecule has 0 bridgehead atoms. The molecule has 1 heterocycles. The maximum Gasteiger partial charge on any atom is 0.140 e. The molecule has 0 aliphatic heterocycles. The van der Waals surface area contributed by atoms with Gasteiger partial charge < -0.3 is 9.47 Å². The van der Waals surface area contributed by atoms with Crippen LogP contribution in [0.15, 0.2) is 109 Å². The van der Waals surface area contributed by atoms with Crippen LogP contribution in [0.1, 0.15) is 42.0 Å². The molecular formula is C36H36N4O. The fourth-order valence-electron chi connectivity index (χ4n) is 5.45. The van der Waals surface area contributed by atoms with Crippen molar-refractivity contribution >= 4 is 22.4 Å². The van der Waals surface area contributed by atoms with Crippen LogP contribution in [0, 0.1) is 18.8 Å². The number of aromatic nitrogens is 2. The van der Waals surface area contributed by atoms with Crippen LogP contribution in [0.5, 0.6) is 0 Å². The maximum absolute atomic E-state index is 11.2. The van der Waals surface area contributed by atoms with Crippen molar-refractivity contribution in [2.45, 2.75) is 40.2 Å². The monoisotopic (exact) mass is 540 g/mol. The molecule has 0 saturated carbocycles. The molecule has 0 spiro atoms. The topological polar surface area (TPSA) is 50.5 Å². The number of nitrogens with zero attached hydrogens (tertiary/aromatic N) is 4. The van der Waals surface area contributed by atoms with Gasteiger partial charge in [-0.3, -0.25) is 0 Å². The Morgan fingerprint density at radius 1 is 0.927 bits per heavy atom. The van der Waals surface area contributed by atoms with Crippen LogP contribution >= 0.6 is 0 Å². The lowest BCUT2D eigenvalue weighted by molar-refractivity contribution is 0.807. The minimum atomic E-state index is 0.234. The summed E-state index contributed by atoms with van der Waals surface area (Å²) < 4.78 is 2.17. The van der Waals surface area contributed by atoms with Crippen molar-refractivity contribution < 1.29 is 0 Å². The maximum atomic E-state index is 11.2. The number of imidazole rings is 1. The number of rotatable bonds is 10. The first-order valence-corrected chi connectivity index (χ1v) is 14.0. The van der Waals surface area contributed by atoms with Gasteiger partial charge in [-0.05, 0) is 77.5 Å². The minimum absolute atomic E-state index is 0.234. The highest BCUT2D eigenvalue weighted by atomic mass is 16.3. The molecule has 1 aromatic heterocycles. The van der Waals surface area contributed by atoms with Crippen molar-refractivity contribution in [3.05, 3.63) is 131 Å². The van der Waals surface area contributed by atoms with Gasteiger partial charge in [0.2, 0.25) is 0 Å². The van der Waals surface area contributed by atoms with Crippen LogP contribution in [-0.4, -0.2) is 9.55 Å². The lowest BCUT2D eigenvalue weighted by atomic mass is 9.97. The van der Waals surface area contributed by atoms with Crippen molar-refractivity contribution in [1.29, 1.82) is 0 Å². The Bertz CT molecular complexity index is 1760. The fraction of sp³-hybridized carbons (Fsp3) is 0.194. The van der Waals surface area contributed by atoms with E-state index in [9.17, 15) is 4.91 Å². The van der Waals surface area contributed by atoms with E-state index in [1.54, 1.807) is 0 Å². The van der Waals surface area contributed by atoms with Gasteiger partial charge in [-0.15, -0.1) is 4.91 Å². The normalized spacial score (nSPS) is 11.0. The molecule has 5 aromatic rings. The highest BCUT2D eigenvalue weighted by Gasteiger charge is 2.19. The summed E-state index contributed by atoms with van der Waals surface area (Å²) in [7, 11) is 2.08. The molecular weight excluding hydrogens is 504 g/mol. The zero-order valence-electron chi connectivity index (χ0n) is 24.3. The van der Waals surface area contributed by atoms with Crippen molar-refractivity contribution in [2.24, 2.45) is 12.2 Å². The molecule has 206 valence electrons. The van der Waals surface area contributed by atoms with Gasteiger partial charge in [0.25, 0.3) is 0 Å². The predicted octanol–water partition coefficient (Wildman–Crippen LogP) is 9.58. The van der Waals surface area contributed by atoms with Crippen molar-refractivity contribution in [3.8, 4) is 22.5 Å². The SMILES string of the molecule is C=C(N=O)c1ccccc1-c1ccc(CN(C(=C)CCC)c2cc(-c3nc4ccccc4n3C)cc(C)c2C)cc1. The molecule has 0 amide bonds. The summed E-state index contributed by atoms with van der Waals surface area (Å²) in [6.07, 6.45) is 1.92. The molecule has 0 aliphatic rings. The largest absolute Gasteiger partial charge is 0.341 e. The number of aryl methyl sites for hydroxylation is 2. The van der Waals surface area contributed by atoms with Gasteiger partial charge in [0.15, 0.2) is 0 Å². The Morgan fingerprint density at radius 3 is 2.34 bits per heavy atom. The molecule has 0 radical (unpaired) electrons. The molecule has 0 N–H and O–H groups in total. The molecule has 0 atom stereocenters. The number of para-hydroxylation sites is 2. The van der Waals surface area contributed by atoms with Crippen molar-refractivity contribution in [2.75, 3.05) is 4.90 Å². The lowest BCUT2D eigenvalue weighted by Gasteiger charge is -2.30. The zero-order chi connectivity index (χ0) is 29.1. The van der Waals surface area contributed by atoms with E-state index in [0.717, 1.165) is 63.3 Å². The van der Waals surface area contributed by atoms with Crippen molar-refractivity contribution in [3.63, 3.8) is 0 Å². The van der Waals surface area contributed by atoms with Gasteiger partial charge in [0, 0.05) is 36.1 Å². The Balaban J connectivity index is 1.53. The summed E-state index contributed by atoms with van der Waals surface area (Å²) in [6, 6.07) is 29.0. The number of nitroso groups, excluding NO2 is 1. The summed E-state index contributed by atoms with van der Waals surface area (Å²) in [5.41, 5.74) is 12.0. The van der Waals surface area contributed by atoms with Crippen LogP contribution < -0.4 is 4.90 Å². The molecule has 0 unspecified atom stereocenters. The summed E-state index contributed by atoms with van der Waals surface area (Å²) in [5.74, 6) is 0.950. The van der Waals surface area contributed by atoms with E-state index in [0.29, 0.717) is 6.54 Å². The van der Waals surface area contributed by atoms with E-state index in [-0.39, 0.29) is 5.70 Å². The van der Waals surface area contributed by atoms with E-state index in [1.165, 1.54) is 16.7 Å². The molecule has 0 saturated heterocycles. The summed E-state index contributed by atoms with van der Waals surface area (Å²) in [5, 5.41) is 3.07. The zero-order valence-corrected chi connectivity index (χ0v) is 24.3. The van der Waals surface area contributed by atoms with E-state index in [4.69, 9.17) is 4.98 Å². The molecule has 4 aromatic carbocycles. The van der Waals surface area contributed by atoms with Crippen LogP contribution in [-0.2, 0) is 13.6 Å². The number of fused-ring (bicyclic) bond motifs is 1. The second-order valence-electron chi connectivity index (χ2n) is 10.6. The molecule has 5 heteroatoms. The second-order valence-corrected chi connectivity index (χ2v) is 10.6. The first-order chi connectivity index (χ1) is 19.8. The Morgan fingerprint density at radius 2 is 1.63 bits per heavy atom. The third kappa shape index (κ3) is 5.48. The summed E-state index contributed by atoms with van der Waals surface area (Å²) >= 11 is 0. The third-order valence-corrected chi connectivity index (χ3v) is 7.85. The van der Waals surface area contributed by atoms with Crippen LogP contribution in [0.2, 0.25) is 0 Å². The standard InChI is InChI=1S/C36H36N4O/c1-7-12-25(3)40(23-28-17-19-29(20-18-28)32-14-9-8-13-31(32)27(5)38-41)35-22-30(21-24(2)26(35)4)36-37-33-15-10-11-16-34(33)39(36)6/h8-11,13-22H,3,5,7,12,23H2,1-2,4,6H3. The van der Waals surface area contributed by atoms with E-state index in [2.05, 4.69) is 110 Å². The average molecular weight is 541 g/mol. The Kier molecular flexibility index (Phi) is 7.97. The average Bonchev–Trinajstić information content (AvgIpc) is 3.33. The number of anilines is 1. The third-order valence-electron chi connectivity index (χ3n) is 7.85. The molecule has 0 fully saturated rings. The smallest absolute Gasteiger partial charge is 0.140 e. The lowest BCUT2D eigenvalue weighted by Crippen LogP contribution is -2.22. The first-order valence-electron chi connectivity index (χ1n) is 14.0. The molecule has 5 rings (SSSR count). The number of benzene rings is 4. The Labute approximate surface area is 242 Å². The van der Waals surface area contributed by atoms with E-state index < -0.39 is 0 Å². The van der Waals surface area contributed by atoms with Gasteiger partial charge in [-0.2, -0.15) is 0 Å². The Hall–Kier alpha value is -4.77. The van der Waals surface area contributed by atoms with Crippen molar-refractivity contribution in [1.82, 2.24) is 9.55 Å². The van der Waals surface area contributed by atoms with Gasteiger partial charge in [-0.1, -0.05) is 87.2 Å². The number of hydrogen-bond donors (Lipinski definition) is 0. The highest BCUT2D eigenvalue weighted by molar-refractivity contribution is 5.82. The van der Waals surface area contributed by atoms with Crippen LogP contribution in [0.3, 0.4) is 0 Å². The van der Waals surface area contributed by atoms with Gasteiger partial charge >= 0.3 is 0 Å². The molecule has 5 nitrogen and oxygen atoms in total. The van der Waals surface area contributed by atoms with Crippen LogP contribution in [0.25, 0.3) is 39.2 Å². The van der Waals surface area contributed by atoms with Crippen LogP contribution in [0.4, 0.5) is 5.69 Å². The quantitative estimate of drug-likeness (QED) is 0.166. The predicted molar refractivity (Wildman–Crippen MR) is 173 cm³/mol.